The number of hydrogen-bond acceptors (Lipinski definition) is 8. The van der Waals surface area contributed by atoms with Gasteiger partial charge in [-0.1, -0.05) is 29.5 Å². The van der Waals surface area contributed by atoms with Crippen molar-refractivity contribution in [1.82, 2.24) is 10.2 Å². The Bertz CT molecular complexity index is 1100. The molecule has 1 amide bonds. The SMILES string of the molecule is Cc1ccc(OCc2nnc(SCCC(=O)Nc3sc4c(c3C#N)CCCC4)o2)cc1. The van der Waals surface area contributed by atoms with Crippen molar-refractivity contribution in [1.29, 1.82) is 5.26 Å². The number of carbonyl (C=O) groups excluding carboxylic acids is 1. The van der Waals surface area contributed by atoms with Gasteiger partial charge < -0.3 is 14.5 Å². The Labute approximate surface area is 188 Å². The van der Waals surface area contributed by atoms with Gasteiger partial charge in [0.15, 0.2) is 6.61 Å². The molecule has 0 aliphatic heterocycles. The summed E-state index contributed by atoms with van der Waals surface area (Å²) in [7, 11) is 0. The predicted octanol–water partition coefficient (Wildman–Crippen LogP) is 4.89. The molecule has 1 N–H and O–H groups in total. The van der Waals surface area contributed by atoms with Crippen molar-refractivity contribution in [2.45, 2.75) is 50.9 Å². The summed E-state index contributed by atoms with van der Waals surface area (Å²) < 4.78 is 11.2. The van der Waals surface area contributed by atoms with Crippen LogP contribution in [0.3, 0.4) is 0 Å². The van der Waals surface area contributed by atoms with E-state index in [0.29, 0.717) is 27.4 Å². The lowest BCUT2D eigenvalue weighted by Gasteiger charge is -2.09. The van der Waals surface area contributed by atoms with Gasteiger partial charge in [0.2, 0.25) is 5.91 Å². The molecule has 0 radical (unpaired) electrons. The van der Waals surface area contributed by atoms with Crippen LogP contribution in [-0.2, 0) is 24.2 Å². The number of thiophene rings is 1. The normalized spacial score (nSPS) is 12.8. The molecular weight excluding hydrogens is 432 g/mol. The molecule has 0 atom stereocenters. The van der Waals surface area contributed by atoms with Gasteiger partial charge in [-0.15, -0.1) is 21.5 Å². The molecule has 0 saturated heterocycles. The van der Waals surface area contributed by atoms with Crippen molar-refractivity contribution in [3.05, 3.63) is 51.7 Å². The van der Waals surface area contributed by atoms with E-state index in [2.05, 4.69) is 21.6 Å². The topological polar surface area (TPSA) is 101 Å². The third kappa shape index (κ3) is 5.46. The second-order valence-corrected chi connectivity index (χ2v) is 9.39. The molecular formula is C22H22N4O3S2. The number of ether oxygens (including phenoxy) is 1. The number of carbonyl (C=O) groups is 1. The molecule has 0 saturated carbocycles. The van der Waals surface area contributed by atoms with Crippen molar-refractivity contribution in [2.75, 3.05) is 11.1 Å². The van der Waals surface area contributed by atoms with Gasteiger partial charge in [0, 0.05) is 17.1 Å². The summed E-state index contributed by atoms with van der Waals surface area (Å²) in [5, 5.41) is 21.5. The third-order valence-electron chi connectivity index (χ3n) is 4.92. The second kappa shape index (κ2) is 9.98. The van der Waals surface area contributed by atoms with E-state index >= 15 is 0 Å². The standard InChI is InChI=1S/C22H22N4O3S2/c1-14-6-8-15(9-7-14)28-13-20-25-26-22(29-20)30-11-10-19(27)24-21-17(12-23)16-4-2-3-5-18(16)31-21/h6-9H,2-5,10-11,13H2,1H3,(H,24,27). The van der Waals surface area contributed by atoms with Gasteiger partial charge in [-0.2, -0.15) is 5.26 Å². The van der Waals surface area contributed by atoms with E-state index in [9.17, 15) is 10.1 Å². The molecule has 2 heterocycles. The van der Waals surface area contributed by atoms with E-state index in [1.165, 1.54) is 28.0 Å². The number of amides is 1. The molecule has 0 unspecified atom stereocenters. The first-order valence-electron chi connectivity index (χ1n) is 10.1. The smallest absolute Gasteiger partial charge is 0.276 e. The molecule has 31 heavy (non-hydrogen) atoms. The average molecular weight is 455 g/mol. The Balaban J connectivity index is 1.24. The molecule has 0 bridgehead atoms. The first kappa shape index (κ1) is 21.4. The number of anilines is 1. The van der Waals surface area contributed by atoms with E-state index < -0.39 is 0 Å². The van der Waals surface area contributed by atoms with Gasteiger partial charge in [0.1, 0.15) is 16.8 Å². The summed E-state index contributed by atoms with van der Waals surface area (Å²) in [6, 6.07) is 9.99. The highest BCUT2D eigenvalue weighted by molar-refractivity contribution is 7.99. The second-order valence-electron chi connectivity index (χ2n) is 7.24. The fourth-order valence-electron chi connectivity index (χ4n) is 3.33. The molecule has 160 valence electrons. The summed E-state index contributed by atoms with van der Waals surface area (Å²) in [6.45, 7) is 2.21. The number of aryl methyl sites for hydroxylation is 2. The lowest BCUT2D eigenvalue weighted by Crippen LogP contribution is -2.12. The van der Waals surface area contributed by atoms with Crippen molar-refractivity contribution < 1.29 is 13.9 Å². The van der Waals surface area contributed by atoms with Crippen LogP contribution in [-0.4, -0.2) is 21.9 Å². The zero-order chi connectivity index (χ0) is 21.6. The molecule has 2 aromatic heterocycles. The van der Waals surface area contributed by atoms with E-state index in [-0.39, 0.29) is 18.9 Å². The lowest BCUT2D eigenvalue weighted by atomic mass is 9.96. The third-order valence-corrected chi connectivity index (χ3v) is 6.95. The highest BCUT2D eigenvalue weighted by Crippen LogP contribution is 2.37. The van der Waals surface area contributed by atoms with Gasteiger partial charge >= 0.3 is 0 Å². The van der Waals surface area contributed by atoms with Crippen LogP contribution < -0.4 is 10.1 Å². The molecule has 7 nitrogen and oxygen atoms in total. The zero-order valence-corrected chi connectivity index (χ0v) is 18.8. The number of nitrogens with zero attached hydrogens (tertiary/aromatic N) is 3. The van der Waals surface area contributed by atoms with Gasteiger partial charge in [-0.3, -0.25) is 4.79 Å². The Morgan fingerprint density at radius 1 is 1.29 bits per heavy atom. The minimum atomic E-state index is -0.120. The van der Waals surface area contributed by atoms with E-state index in [1.54, 1.807) is 0 Å². The van der Waals surface area contributed by atoms with Crippen molar-refractivity contribution >= 4 is 34.0 Å². The Hall–Kier alpha value is -2.83. The van der Waals surface area contributed by atoms with Crippen molar-refractivity contribution in [3.8, 4) is 11.8 Å². The monoisotopic (exact) mass is 454 g/mol. The molecule has 1 aliphatic rings. The van der Waals surface area contributed by atoms with E-state index in [0.717, 1.165) is 42.6 Å². The number of thioether (sulfide) groups is 1. The number of nitrogens with one attached hydrogen (secondary N) is 1. The maximum absolute atomic E-state index is 12.4. The maximum atomic E-state index is 12.4. The molecule has 4 rings (SSSR count). The number of fused-ring (bicyclic) bond motifs is 1. The van der Waals surface area contributed by atoms with Gasteiger partial charge in [-0.25, -0.2) is 0 Å². The Kier molecular flexibility index (Phi) is 6.89. The number of aromatic nitrogens is 2. The molecule has 3 aromatic rings. The molecule has 0 spiro atoms. The largest absolute Gasteiger partial charge is 0.484 e. The van der Waals surface area contributed by atoms with Crippen LogP contribution in [0.2, 0.25) is 0 Å². The Morgan fingerprint density at radius 2 is 2.10 bits per heavy atom. The first-order chi connectivity index (χ1) is 15.1. The average Bonchev–Trinajstić information content (AvgIpc) is 3.37. The van der Waals surface area contributed by atoms with Crippen LogP contribution in [0.25, 0.3) is 0 Å². The van der Waals surface area contributed by atoms with E-state index in [1.807, 2.05) is 31.2 Å². The van der Waals surface area contributed by atoms with Crippen LogP contribution in [0.4, 0.5) is 5.00 Å². The van der Waals surface area contributed by atoms with Gasteiger partial charge in [0.05, 0.1) is 5.56 Å². The molecule has 0 fully saturated rings. The van der Waals surface area contributed by atoms with Crippen LogP contribution in [0, 0.1) is 18.3 Å². The summed E-state index contributed by atoms with van der Waals surface area (Å²) in [6.07, 6.45) is 4.45. The van der Waals surface area contributed by atoms with Crippen LogP contribution in [0.1, 0.15) is 46.7 Å². The van der Waals surface area contributed by atoms with Crippen LogP contribution >= 0.6 is 23.1 Å². The zero-order valence-electron chi connectivity index (χ0n) is 17.1. The van der Waals surface area contributed by atoms with Crippen molar-refractivity contribution in [3.63, 3.8) is 0 Å². The Morgan fingerprint density at radius 3 is 2.90 bits per heavy atom. The van der Waals surface area contributed by atoms with Crippen molar-refractivity contribution in [2.24, 2.45) is 0 Å². The van der Waals surface area contributed by atoms with Crippen LogP contribution in [0.5, 0.6) is 5.75 Å². The predicted molar refractivity (Wildman–Crippen MR) is 119 cm³/mol. The molecule has 9 heteroatoms. The minimum absolute atomic E-state index is 0.120. The summed E-state index contributed by atoms with van der Waals surface area (Å²) in [4.78, 5) is 13.6. The molecule has 1 aliphatic carbocycles. The maximum Gasteiger partial charge on any atom is 0.276 e. The lowest BCUT2D eigenvalue weighted by molar-refractivity contribution is -0.115. The summed E-state index contributed by atoms with van der Waals surface area (Å²) >= 11 is 2.86. The molecule has 1 aromatic carbocycles. The fraction of sp³-hybridized carbons (Fsp3) is 0.364. The highest BCUT2D eigenvalue weighted by Gasteiger charge is 2.21. The van der Waals surface area contributed by atoms with Gasteiger partial charge in [-0.05, 0) is 50.3 Å². The highest BCUT2D eigenvalue weighted by atomic mass is 32.2. The number of rotatable bonds is 8. The number of hydrogen-bond donors (Lipinski definition) is 1. The van der Waals surface area contributed by atoms with E-state index in [4.69, 9.17) is 9.15 Å². The number of benzene rings is 1. The van der Waals surface area contributed by atoms with Gasteiger partial charge in [0.25, 0.3) is 11.1 Å². The summed E-state index contributed by atoms with van der Waals surface area (Å²) in [5.74, 6) is 1.50. The van der Waals surface area contributed by atoms with Crippen LogP contribution in [0.15, 0.2) is 33.9 Å². The quantitative estimate of drug-likeness (QED) is 0.484. The minimum Gasteiger partial charge on any atom is -0.484 e. The first-order valence-corrected chi connectivity index (χ1v) is 11.9. The fourth-order valence-corrected chi connectivity index (χ4v) is 5.30. The summed E-state index contributed by atoms with van der Waals surface area (Å²) in [5.41, 5.74) is 2.92. The number of nitriles is 1.